The number of rotatable bonds is 3. The van der Waals surface area contributed by atoms with Crippen molar-refractivity contribution in [3.63, 3.8) is 0 Å². The van der Waals surface area contributed by atoms with E-state index in [9.17, 15) is 0 Å². The van der Waals surface area contributed by atoms with E-state index in [2.05, 4.69) is 30.6 Å². The Labute approximate surface area is 110 Å². The van der Waals surface area contributed by atoms with Crippen LogP contribution in [0.1, 0.15) is 37.3 Å². The van der Waals surface area contributed by atoms with Gasteiger partial charge in [-0.15, -0.1) is 0 Å². The summed E-state index contributed by atoms with van der Waals surface area (Å²) in [4.78, 5) is 0. The average molecular weight is 238 g/mol. The molecule has 0 fully saturated rings. The number of benzene rings is 1. The highest BCUT2D eigenvalue weighted by atomic mass is 16.3. The standard InChI is InChI=1S/C17H18O/c1-2-3-4-5-6-7-8-9-10-16-11-13-17(15-18)14-12-16/h7-8,11-14,18H,2-4,15H2,1H3. The highest BCUT2D eigenvalue weighted by Crippen LogP contribution is 2.02. The Bertz CT molecular complexity index is 486. The highest BCUT2D eigenvalue weighted by Gasteiger charge is 1.88. The largest absolute Gasteiger partial charge is 0.392 e. The van der Waals surface area contributed by atoms with Crippen LogP contribution >= 0.6 is 0 Å². The summed E-state index contributed by atoms with van der Waals surface area (Å²) in [6.45, 7) is 2.23. The lowest BCUT2D eigenvalue weighted by atomic mass is 10.1. The lowest BCUT2D eigenvalue weighted by Crippen LogP contribution is -1.81. The first-order valence-corrected chi connectivity index (χ1v) is 6.21. The zero-order chi connectivity index (χ0) is 13.1. The van der Waals surface area contributed by atoms with Gasteiger partial charge in [0.15, 0.2) is 0 Å². The molecule has 1 aromatic carbocycles. The Morgan fingerprint density at radius 1 is 1.11 bits per heavy atom. The van der Waals surface area contributed by atoms with Crippen molar-refractivity contribution in [1.82, 2.24) is 0 Å². The summed E-state index contributed by atoms with van der Waals surface area (Å²) in [6, 6.07) is 7.55. The Morgan fingerprint density at radius 2 is 1.83 bits per heavy atom. The number of allylic oxidation sites excluding steroid dienone is 2. The molecule has 0 heterocycles. The molecule has 1 heteroatoms. The third-order valence-corrected chi connectivity index (χ3v) is 2.36. The molecule has 1 nitrogen and oxygen atoms in total. The minimum atomic E-state index is 0.0704. The van der Waals surface area contributed by atoms with Gasteiger partial charge in [0.1, 0.15) is 0 Å². The summed E-state index contributed by atoms with van der Waals surface area (Å²) < 4.78 is 0. The van der Waals surface area contributed by atoms with Crippen molar-refractivity contribution < 1.29 is 5.11 Å². The molecule has 0 bridgehead atoms. The molecule has 0 saturated heterocycles. The molecule has 0 aromatic heterocycles. The number of aliphatic hydroxyl groups excluding tert-OH is 1. The summed E-state index contributed by atoms with van der Waals surface area (Å²) in [5, 5.41) is 8.90. The lowest BCUT2D eigenvalue weighted by Gasteiger charge is -1.93. The minimum Gasteiger partial charge on any atom is -0.392 e. The van der Waals surface area contributed by atoms with Gasteiger partial charge in [0.25, 0.3) is 0 Å². The fourth-order valence-corrected chi connectivity index (χ4v) is 1.30. The maximum atomic E-state index is 8.90. The Hall–Kier alpha value is -1.96. The van der Waals surface area contributed by atoms with Gasteiger partial charge >= 0.3 is 0 Å². The van der Waals surface area contributed by atoms with Crippen molar-refractivity contribution in [2.24, 2.45) is 0 Å². The summed E-state index contributed by atoms with van der Waals surface area (Å²) in [5.41, 5.74) is 1.84. The second-order valence-corrected chi connectivity index (χ2v) is 3.88. The normalized spacial score (nSPS) is 9.44. The SMILES string of the molecule is CCCCC#CC=CC#Cc1ccc(CO)cc1. The van der Waals surface area contributed by atoms with E-state index >= 15 is 0 Å². The first-order valence-electron chi connectivity index (χ1n) is 6.21. The van der Waals surface area contributed by atoms with Crippen molar-refractivity contribution in [2.45, 2.75) is 32.8 Å². The van der Waals surface area contributed by atoms with Crippen molar-refractivity contribution in [3.05, 3.63) is 47.5 Å². The maximum absolute atomic E-state index is 8.90. The van der Waals surface area contributed by atoms with Crippen LogP contribution in [0, 0.1) is 23.7 Å². The van der Waals surface area contributed by atoms with Crippen LogP contribution in [-0.2, 0) is 6.61 Å². The fraction of sp³-hybridized carbons (Fsp3) is 0.294. The van der Waals surface area contributed by atoms with Crippen LogP contribution in [0.4, 0.5) is 0 Å². The van der Waals surface area contributed by atoms with Gasteiger partial charge < -0.3 is 5.11 Å². The van der Waals surface area contributed by atoms with Crippen LogP contribution in [0.5, 0.6) is 0 Å². The average Bonchev–Trinajstić information content (AvgIpc) is 2.42. The van der Waals surface area contributed by atoms with E-state index in [1.54, 1.807) is 12.2 Å². The van der Waals surface area contributed by atoms with Crippen LogP contribution in [0.15, 0.2) is 36.4 Å². The summed E-state index contributed by atoms with van der Waals surface area (Å²) >= 11 is 0. The van der Waals surface area contributed by atoms with E-state index < -0.39 is 0 Å². The van der Waals surface area contributed by atoms with Crippen LogP contribution in [-0.4, -0.2) is 5.11 Å². The molecular weight excluding hydrogens is 220 g/mol. The van der Waals surface area contributed by atoms with Crippen LogP contribution < -0.4 is 0 Å². The van der Waals surface area contributed by atoms with Gasteiger partial charge in [-0.1, -0.05) is 49.2 Å². The van der Waals surface area contributed by atoms with Crippen LogP contribution in [0.25, 0.3) is 0 Å². The molecule has 0 unspecified atom stereocenters. The maximum Gasteiger partial charge on any atom is 0.0681 e. The topological polar surface area (TPSA) is 20.2 Å². The smallest absolute Gasteiger partial charge is 0.0681 e. The predicted molar refractivity (Wildman–Crippen MR) is 75.7 cm³/mol. The molecular formula is C17H18O. The van der Waals surface area contributed by atoms with Gasteiger partial charge in [-0.05, 0) is 36.3 Å². The first kappa shape index (κ1) is 14.1. The van der Waals surface area contributed by atoms with Crippen LogP contribution in [0.3, 0.4) is 0 Å². The molecule has 1 aromatic rings. The molecule has 0 saturated carbocycles. The van der Waals surface area contributed by atoms with E-state index in [1.165, 1.54) is 6.42 Å². The molecule has 0 aliphatic rings. The molecule has 92 valence electrons. The number of hydrogen-bond acceptors (Lipinski definition) is 1. The van der Waals surface area contributed by atoms with Crippen molar-refractivity contribution in [1.29, 1.82) is 0 Å². The molecule has 0 atom stereocenters. The van der Waals surface area contributed by atoms with E-state index in [0.717, 1.165) is 24.0 Å². The monoisotopic (exact) mass is 238 g/mol. The Balaban J connectivity index is 2.44. The lowest BCUT2D eigenvalue weighted by molar-refractivity contribution is 0.282. The van der Waals surface area contributed by atoms with E-state index in [1.807, 2.05) is 24.3 Å². The minimum absolute atomic E-state index is 0.0704. The fourth-order valence-electron chi connectivity index (χ4n) is 1.30. The molecule has 0 spiro atoms. The van der Waals surface area contributed by atoms with Crippen LogP contribution in [0.2, 0.25) is 0 Å². The summed E-state index contributed by atoms with van der Waals surface area (Å²) in [7, 11) is 0. The zero-order valence-corrected chi connectivity index (χ0v) is 10.7. The number of unbranched alkanes of at least 4 members (excludes halogenated alkanes) is 2. The van der Waals surface area contributed by atoms with Gasteiger partial charge in [0.05, 0.1) is 6.61 Å². The molecule has 0 amide bonds. The van der Waals surface area contributed by atoms with Crippen molar-refractivity contribution in [3.8, 4) is 23.7 Å². The second kappa shape index (κ2) is 9.11. The van der Waals surface area contributed by atoms with E-state index in [0.29, 0.717) is 0 Å². The van der Waals surface area contributed by atoms with Crippen molar-refractivity contribution >= 4 is 0 Å². The molecule has 0 aliphatic carbocycles. The quantitative estimate of drug-likeness (QED) is 0.633. The second-order valence-electron chi connectivity index (χ2n) is 3.88. The third-order valence-electron chi connectivity index (χ3n) is 2.36. The zero-order valence-electron chi connectivity index (χ0n) is 10.7. The highest BCUT2D eigenvalue weighted by molar-refractivity contribution is 5.39. The summed E-state index contributed by atoms with van der Waals surface area (Å²) in [5.74, 6) is 12.0. The molecule has 18 heavy (non-hydrogen) atoms. The first-order chi connectivity index (χ1) is 8.86. The number of aliphatic hydroxyl groups is 1. The third kappa shape index (κ3) is 5.94. The molecule has 1 N–H and O–H groups in total. The molecule has 1 rings (SSSR count). The van der Waals surface area contributed by atoms with Gasteiger partial charge in [-0.2, -0.15) is 0 Å². The predicted octanol–water partition coefficient (Wildman–Crippen LogP) is 3.28. The Morgan fingerprint density at radius 3 is 2.50 bits per heavy atom. The number of hydrogen-bond donors (Lipinski definition) is 1. The van der Waals surface area contributed by atoms with Gasteiger partial charge in [0, 0.05) is 12.0 Å². The molecule has 0 aliphatic heterocycles. The van der Waals surface area contributed by atoms with E-state index in [-0.39, 0.29) is 6.61 Å². The Kier molecular flexibility index (Phi) is 7.14. The van der Waals surface area contributed by atoms with Gasteiger partial charge in [-0.3, -0.25) is 0 Å². The van der Waals surface area contributed by atoms with E-state index in [4.69, 9.17) is 5.11 Å². The van der Waals surface area contributed by atoms with Gasteiger partial charge in [-0.25, -0.2) is 0 Å². The molecule has 0 radical (unpaired) electrons. The van der Waals surface area contributed by atoms with Crippen molar-refractivity contribution in [2.75, 3.05) is 0 Å². The van der Waals surface area contributed by atoms with Gasteiger partial charge in [0.2, 0.25) is 0 Å². The summed E-state index contributed by atoms with van der Waals surface area (Å²) in [6.07, 6.45) is 6.84.